The maximum atomic E-state index is 14.8. The maximum absolute atomic E-state index is 14.8. The standard InChI is InChI=1S/C40H40F3N3O11/c1-23(48)30(35(50)44-18-19-47)45-37(52)38-20-28-31-32(56-40(55-31,26-8-4-2-5-9-26)27-10-6-3-7-11-27)34(38)57-46(33(38)36(51)54-28)21-25-14-12-24(13-15-25)16-17-29(49)53-22-39(41,42)43/h2-17,23,28,30-34,47-48H,18-22H2,1H3,(H,44,50)(H,45,52)/t23-,28+,30+,31-,32-,33-,34+,38-/m0/s1. The first kappa shape index (κ1) is 40.0. The van der Waals surface area contributed by atoms with Crippen LogP contribution in [-0.4, -0.2) is 108 Å². The molecule has 3 saturated heterocycles. The van der Waals surface area contributed by atoms with E-state index in [0.29, 0.717) is 22.3 Å². The lowest BCUT2D eigenvalue weighted by Crippen LogP contribution is -2.71. The highest BCUT2D eigenvalue weighted by atomic mass is 19.4. The number of hydrogen-bond donors (Lipinski definition) is 4. The van der Waals surface area contributed by atoms with E-state index in [4.69, 9.17) is 19.0 Å². The fourth-order valence-electron chi connectivity index (χ4n) is 7.94. The van der Waals surface area contributed by atoms with Gasteiger partial charge in [-0.25, -0.2) is 4.79 Å². The first-order valence-corrected chi connectivity index (χ1v) is 18.2. The number of esters is 2. The van der Waals surface area contributed by atoms with Crippen molar-refractivity contribution in [3.63, 3.8) is 0 Å². The third-order valence-corrected chi connectivity index (χ3v) is 10.5. The number of nitrogens with one attached hydrogen (secondary N) is 2. The Labute approximate surface area is 324 Å². The van der Waals surface area contributed by atoms with Gasteiger partial charge >= 0.3 is 18.1 Å². The van der Waals surface area contributed by atoms with Gasteiger partial charge in [0.15, 0.2) is 12.6 Å². The molecule has 302 valence electrons. The molecule has 1 aliphatic carbocycles. The van der Waals surface area contributed by atoms with Crippen LogP contribution in [-0.2, 0) is 55.3 Å². The smallest absolute Gasteiger partial charge is 0.422 e. The molecule has 0 aromatic heterocycles. The Morgan fingerprint density at radius 1 is 0.982 bits per heavy atom. The van der Waals surface area contributed by atoms with Crippen LogP contribution in [0.4, 0.5) is 13.2 Å². The molecule has 8 atom stereocenters. The molecule has 1 saturated carbocycles. The number of alkyl halides is 3. The Morgan fingerprint density at radius 2 is 1.61 bits per heavy atom. The van der Waals surface area contributed by atoms with E-state index >= 15 is 0 Å². The molecule has 17 heteroatoms. The molecule has 0 radical (unpaired) electrons. The summed E-state index contributed by atoms with van der Waals surface area (Å²) < 4.78 is 61.3. The Kier molecular flexibility index (Phi) is 11.2. The van der Waals surface area contributed by atoms with Crippen LogP contribution in [0.15, 0.2) is 91.0 Å². The minimum Gasteiger partial charge on any atom is -0.458 e. The Morgan fingerprint density at radius 3 is 2.21 bits per heavy atom. The summed E-state index contributed by atoms with van der Waals surface area (Å²) >= 11 is 0. The zero-order valence-corrected chi connectivity index (χ0v) is 30.5. The van der Waals surface area contributed by atoms with Crippen molar-refractivity contribution in [1.82, 2.24) is 15.7 Å². The van der Waals surface area contributed by atoms with Crippen LogP contribution in [0.3, 0.4) is 0 Å². The summed E-state index contributed by atoms with van der Waals surface area (Å²) in [4.78, 5) is 60.5. The first-order valence-electron chi connectivity index (χ1n) is 18.2. The Hall–Kier alpha value is -5.17. The second-order valence-corrected chi connectivity index (χ2v) is 14.2. The second-order valence-electron chi connectivity index (χ2n) is 14.2. The average molecular weight is 796 g/mol. The molecule has 4 N–H and O–H groups in total. The largest absolute Gasteiger partial charge is 0.458 e. The van der Waals surface area contributed by atoms with E-state index in [1.807, 2.05) is 60.7 Å². The van der Waals surface area contributed by atoms with Gasteiger partial charge in [0.2, 0.25) is 17.6 Å². The summed E-state index contributed by atoms with van der Waals surface area (Å²) in [5, 5.41) is 26.3. The lowest BCUT2D eigenvalue weighted by molar-refractivity contribution is -0.213. The number of aliphatic hydroxyl groups excluding tert-OH is 2. The lowest BCUT2D eigenvalue weighted by Gasteiger charge is -2.49. The third-order valence-electron chi connectivity index (χ3n) is 10.5. The van der Waals surface area contributed by atoms with Gasteiger partial charge in [-0.1, -0.05) is 84.9 Å². The van der Waals surface area contributed by atoms with Crippen LogP contribution in [0.5, 0.6) is 0 Å². The van der Waals surface area contributed by atoms with Gasteiger partial charge in [0.05, 0.1) is 19.3 Å². The number of benzene rings is 3. The number of fused-ring (bicyclic) bond motifs is 4. The van der Waals surface area contributed by atoms with Crippen LogP contribution < -0.4 is 10.6 Å². The van der Waals surface area contributed by atoms with Gasteiger partial charge in [0, 0.05) is 30.2 Å². The zero-order chi connectivity index (χ0) is 40.5. The molecule has 3 aliphatic heterocycles. The molecule has 3 heterocycles. The van der Waals surface area contributed by atoms with E-state index in [9.17, 15) is 42.6 Å². The first-order chi connectivity index (χ1) is 27.3. The monoisotopic (exact) mass is 795 g/mol. The highest BCUT2D eigenvalue weighted by Gasteiger charge is 2.76. The number of hydroxylamine groups is 2. The van der Waals surface area contributed by atoms with Gasteiger partial charge in [-0.2, -0.15) is 18.2 Å². The molecule has 0 spiro atoms. The Balaban J connectivity index is 1.23. The zero-order valence-electron chi connectivity index (χ0n) is 30.5. The quantitative estimate of drug-likeness (QED) is 0.147. The minimum atomic E-state index is -4.66. The van der Waals surface area contributed by atoms with Gasteiger partial charge in [-0.3, -0.25) is 19.2 Å². The van der Waals surface area contributed by atoms with Crippen LogP contribution in [0, 0.1) is 5.41 Å². The summed E-state index contributed by atoms with van der Waals surface area (Å²) in [6, 6.07) is 21.9. The normalized spacial score (nSPS) is 27.3. The van der Waals surface area contributed by atoms with Gasteiger partial charge < -0.3 is 39.8 Å². The molecule has 2 amide bonds. The van der Waals surface area contributed by atoms with Crippen molar-refractivity contribution in [3.05, 3.63) is 113 Å². The van der Waals surface area contributed by atoms with Crippen molar-refractivity contribution >= 4 is 29.8 Å². The summed E-state index contributed by atoms with van der Waals surface area (Å²) in [5.74, 6) is -5.01. The van der Waals surface area contributed by atoms with Gasteiger partial charge in [-0.15, -0.1) is 0 Å². The number of rotatable bonds is 13. The summed E-state index contributed by atoms with van der Waals surface area (Å²) in [6.45, 7) is -0.991. The molecule has 7 rings (SSSR count). The predicted molar refractivity (Wildman–Crippen MR) is 191 cm³/mol. The molecular formula is C40H40F3N3O11. The van der Waals surface area contributed by atoms with E-state index < -0.39 is 90.3 Å². The minimum absolute atomic E-state index is 0.0782. The van der Waals surface area contributed by atoms with E-state index in [0.717, 1.165) is 6.08 Å². The van der Waals surface area contributed by atoms with Crippen LogP contribution in [0.1, 0.15) is 35.6 Å². The van der Waals surface area contributed by atoms with Crippen molar-refractivity contribution in [1.29, 1.82) is 0 Å². The molecule has 2 bridgehead atoms. The van der Waals surface area contributed by atoms with E-state index in [1.54, 1.807) is 24.3 Å². The van der Waals surface area contributed by atoms with Gasteiger partial charge in [0.1, 0.15) is 35.9 Å². The average Bonchev–Trinajstić information content (AvgIpc) is 3.78. The van der Waals surface area contributed by atoms with E-state index in [1.165, 1.54) is 18.1 Å². The number of aliphatic hydroxyl groups is 2. The van der Waals surface area contributed by atoms with Gasteiger partial charge in [-0.05, 0) is 24.1 Å². The summed E-state index contributed by atoms with van der Waals surface area (Å²) in [6.07, 6.45) is -8.13. The van der Waals surface area contributed by atoms with Crippen molar-refractivity contribution in [2.24, 2.45) is 5.41 Å². The van der Waals surface area contributed by atoms with Crippen molar-refractivity contribution < 1.29 is 66.3 Å². The molecule has 3 aromatic rings. The number of ether oxygens (including phenoxy) is 4. The number of carbonyl (C=O) groups is 4. The summed E-state index contributed by atoms with van der Waals surface area (Å²) in [7, 11) is 0. The molecule has 4 aliphatic rings. The van der Waals surface area contributed by atoms with Crippen LogP contribution in [0.2, 0.25) is 0 Å². The van der Waals surface area contributed by atoms with Crippen molar-refractivity contribution in [2.75, 3.05) is 19.8 Å². The van der Waals surface area contributed by atoms with Crippen LogP contribution in [0.25, 0.3) is 6.08 Å². The fourth-order valence-corrected chi connectivity index (χ4v) is 7.94. The topological polar surface area (TPSA) is 182 Å². The fraction of sp³-hybridized carbons (Fsp3) is 0.400. The molecular weight excluding hydrogens is 755 g/mol. The maximum Gasteiger partial charge on any atom is 0.422 e. The number of hydrogen-bond acceptors (Lipinski definition) is 12. The lowest BCUT2D eigenvalue weighted by atomic mass is 9.62. The highest BCUT2D eigenvalue weighted by molar-refractivity contribution is 5.96. The number of nitrogens with zero attached hydrogens (tertiary/aromatic N) is 1. The number of amides is 2. The predicted octanol–water partition coefficient (Wildman–Crippen LogP) is 2.26. The molecule has 57 heavy (non-hydrogen) atoms. The van der Waals surface area contributed by atoms with Crippen LogP contribution >= 0.6 is 0 Å². The van der Waals surface area contributed by atoms with Crippen molar-refractivity contribution in [2.45, 2.75) is 74.5 Å². The second kappa shape index (κ2) is 16.0. The SMILES string of the molecule is C[C@H](O)[C@@H](NC(=O)[C@@]12C[C@H]3OC(=O)[C@@H]1N(Cc1ccc(C=CC(=O)OCC(F)(F)F)cc1)O[C@@H]2[C@H]1OC(c2ccccc2)(c2ccccc2)O[C@H]13)C(=O)NCCO. The Bertz CT molecular complexity index is 1940. The summed E-state index contributed by atoms with van der Waals surface area (Å²) in [5.41, 5.74) is 0.556. The van der Waals surface area contributed by atoms with E-state index in [2.05, 4.69) is 15.4 Å². The molecule has 14 nitrogen and oxygen atoms in total. The van der Waals surface area contributed by atoms with Gasteiger partial charge in [0.25, 0.3) is 0 Å². The van der Waals surface area contributed by atoms with E-state index in [-0.39, 0.29) is 26.1 Å². The highest BCUT2D eigenvalue weighted by Crippen LogP contribution is 2.59. The molecule has 0 unspecified atom stereocenters. The molecule has 3 aromatic carbocycles. The third kappa shape index (κ3) is 7.78. The number of halogens is 3. The molecule has 4 fully saturated rings. The van der Waals surface area contributed by atoms with Crippen molar-refractivity contribution in [3.8, 4) is 0 Å². The number of carbonyl (C=O) groups excluding carboxylic acids is 4.